The number of piperidine rings is 1. The fourth-order valence-corrected chi connectivity index (χ4v) is 3.73. The van der Waals surface area contributed by atoms with Crippen LogP contribution in [-0.2, 0) is 17.9 Å². The number of allylic oxidation sites excluding steroid dienone is 1. The van der Waals surface area contributed by atoms with Crippen LogP contribution < -0.4 is 11.1 Å². The van der Waals surface area contributed by atoms with Crippen LogP contribution in [0.25, 0.3) is 0 Å². The zero-order valence-corrected chi connectivity index (χ0v) is 18.1. The van der Waals surface area contributed by atoms with Crippen LogP contribution >= 0.6 is 0 Å². The molecule has 1 unspecified atom stereocenters. The van der Waals surface area contributed by atoms with Gasteiger partial charge in [0.2, 0.25) is 5.91 Å². The molecule has 1 aromatic rings. The van der Waals surface area contributed by atoms with Gasteiger partial charge in [0.25, 0.3) is 0 Å². The third-order valence-electron chi connectivity index (χ3n) is 5.32. The summed E-state index contributed by atoms with van der Waals surface area (Å²) in [5.74, 6) is 0.740. The van der Waals surface area contributed by atoms with Gasteiger partial charge in [-0.15, -0.1) is 6.58 Å². The van der Waals surface area contributed by atoms with Gasteiger partial charge in [0, 0.05) is 33.2 Å². The summed E-state index contributed by atoms with van der Waals surface area (Å²) in [5, 5.41) is 3.37. The molecule has 1 amide bonds. The van der Waals surface area contributed by atoms with Gasteiger partial charge in [0.15, 0.2) is 5.96 Å². The van der Waals surface area contributed by atoms with Crippen molar-refractivity contribution in [3.63, 3.8) is 0 Å². The first-order valence-corrected chi connectivity index (χ1v) is 10.7. The Labute approximate surface area is 175 Å². The van der Waals surface area contributed by atoms with Crippen LogP contribution in [0.3, 0.4) is 0 Å². The van der Waals surface area contributed by atoms with E-state index in [9.17, 15) is 4.79 Å². The standard InChI is InChI=1S/C23H37N5O/c1-4-6-7-13-27(3)23(25-5-2)26-16-19-10-8-11-20(15-19)17-28-14-9-12-21(18-28)22(24)29/h4,8,10-11,15,21H,1,5-7,9,12-14,16-18H2,2-3H3,(H2,24,29)(H,25,26). The van der Waals surface area contributed by atoms with Gasteiger partial charge >= 0.3 is 0 Å². The maximum Gasteiger partial charge on any atom is 0.221 e. The molecule has 160 valence electrons. The molecule has 1 aromatic carbocycles. The molecule has 0 aliphatic carbocycles. The highest BCUT2D eigenvalue weighted by Crippen LogP contribution is 2.19. The highest BCUT2D eigenvalue weighted by atomic mass is 16.1. The van der Waals surface area contributed by atoms with Crippen LogP contribution in [0.1, 0.15) is 43.7 Å². The van der Waals surface area contributed by atoms with Gasteiger partial charge in [-0.1, -0.05) is 30.3 Å². The normalized spacial score (nSPS) is 17.7. The molecule has 0 aromatic heterocycles. The largest absolute Gasteiger partial charge is 0.369 e. The van der Waals surface area contributed by atoms with E-state index in [-0.39, 0.29) is 11.8 Å². The van der Waals surface area contributed by atoms with Gasteiger partial charge in [0.05, 0.1) is 12.5 Å². The smallest absolute Gasteiger partial charge is 0.221 e. The van der Waals surface area contributed by atoms with Crippen molar-refractivity contribution in [1.82, 2.24) is 15.1 Å². The highest BCUT2D eigenvalue weighted by molar-refractivity contribution is 5.79. The second-order valence-electron chi connectivity index (χ2n) is 7.82. The second-order valence-corrected chi connectivity index (χ2v) is 7.82. The van der Waals surface area contributed by atoms with Crippen molar-refractivity contribution in [1.29, 1.82) is 0 Å². The number of unbranched alkanes of at least 4 members (excludes halogenated alkanes) is 1. The quantitative estimate of drug-likeness (QED) is 0.275. The molecule has 2 rings (SSSR count). The number of benzene rings is 1. The van der Waals surface area contributed by atoms with Gasteiger partial charge in [-0.3, -0.25) is 9.69 Å². The minimum Gasteiger partial charge on any atom is -0.369 e. The first-order chi connectivity index (χ1) is 14.0. The lowest BCUT2D eigenvalue weighted by atomic mass is 9.97. The number of carbonyl (C=O) groups is 1. The average Bonchev–Trinajstić information content (AvgIpc) is 2.71. The number of guanidine groups is 1. The van der Waals surface area contributed by atoms with Crippen LogP contribution in [0, 0.1) is 5.92 Å². The lowest BCUT2D eigenvalue weighted by molar-refractivity contribution is -0.123. The average molecular weight is 400 g/mol. The third kappa shape index (κ3) is 7.89. The molecular weight excluding hydrogens is 362 g/mol. The molecule has 1 aliphatic rings. The first kappa shape index (κ1) is 22.9. The molecular formula is C23H37N5O. The Hall–Kier alpha value is -2.34. The molecule has 0 bridgehead atoms. The second kappa shape index (κ2) is 12.3. The number of hydrogen-bond acceptors (Lipinski definition) is 3. The molecule has 0 saturated carbocycles. The third-order valence-corrected chi connectivity index (χ3v) is 5.32. The molecule has 1 fully saturated rings. The number of carbonyl (C=O) groups excluding carboxylic acids is 1. The number of aliphatic imine (C=N–C) groups is 1. The fourth-order valence-electron chi connectivity index (χ4n) is 3.73. The molecule has 6 heteroatoms. The van der Waals surface area contributed by atoms with E-state index < -0.39 is 0 Å². The Balaban J connectivity index is 1.97. The summed E-state index contributed by atoms with van der Waals surface area (Å²) >= 11 is 0. The Morgan fingerprint density at radius 3 is 2.97 bits per heavy atom. The van der Waals surface area contributed by atoms with Crippen LogP contribution in [0.5, 0.6) is 0 Å². The molecule has 1 atom stereocenters. The number of nitrogens with two attached hydrogens (primary N) is 1. The summed E-state index contributed by atoms with van der Waals surface area (Å²) in [4.78, 5) is 20.8. The SMILES string of the molecule is C=CCCCN(C)C(=NCc1cccc(CN2CCCC(C(N)=O)C2)c1)NCC. The van der Waals surface area contributed by atoms with Gasteiger partial charge < -0.3 is 16.0 Å². The lowest BCUT2D eigenvalue weighted by Gasteiger charge is -2.31. The summed E-state index contributed by atoms with van der Waals surface area (Å²) in [5.41, 5.74) is 7.96. The molecule has 29 heavy (non-hydrogen) atoms. The van der Waals surface area contributed by atoms with Gasteiger partial charge in [0.1, 0.15) is 0 Å². The van der Waals surface area contributed by atoms with Crippen molar-refractivity contribution in [2.45, 2.75) is 45.7 Å². The minimum atomic E-state index is -0.175. The van der Waals surface area contributed by atoms with Crippen LogP contribution in [0.15, 0.2) is 41.9 Å². The Morgan fingerprint density at radius 1 is 1.45 bits per heavy atom. The fraction of sp³-hybridized carbons (Fsp3) is 0.565. The molecule has 0 spiro atoms. The number of primary amides is 1. The highest BCUT2D eigenvalue weighted by Gasteiger charge is 2.23. The minimum absolute atomic E-state index is 0.0177. The predicted octanol–water partition coefficient (Wildman–Crippen LogP) is 2.75. The molecule has 6 nitrogen and oxygen atoms in total. The molecule has 1 aliphatic heterocycles. The number of amides is 1. The summed E-state index contributed by atoms with van der Waals surface area (Å²) in [7, 11) is 2.08. The maximum absolute atomic E-state index is 11.5. The first-order valence-electron chi connectivity index (χ1n) is 10.7. The van der Waals surface area contributed by atoms with E-state index in [0.717, 1.165) is 64.4 Å². The number of hydrogen-bond donors (Lipinski definition) is 2. The number of nitrogens with zero attached hydrogens (tertiary/aromatic N) is 3. The molecule has 1 heterocycles. The van der Waals surface area contributed by atoms with Crippen molar-refractivity contribution < 1.29 is 4.79 Å². The van der Waals surface area contributed by atoms with Crippen molar-refractivity contribution in [3.8, 4) is 0 Å². The Bertz CT molecular complexity index is 688. The van der Waals surface area contributed by atoms with Gasteiger partial charge in [-0.05, 0) is 50.3 Å². The Morgan fingerprint density at radius 2 is 2.24 bits per heavy atom. The Kier molecular flexibility index (Phi) is 9.71. The monoisotopic (exact) mass is 399 g/mol. The van der Waals surface area contributed by atoms with Crippen molar-refractivity contribution in [2.75, 3.05) is 33.2 Å². The molecule has 1 saturated heterocycles. The topological polar surface area (TPSA) is 74.0 Å². The van der Waals surface area contributed by atoms with E-state index in [1.165, 1.54) is 11.1 Å². The summed E-state index contributed by atoms with van der Waals surface area (Å²) < 4.78 is 0. The summed E-state index contributed by atoms with van der Waals surface area (Å²) in [6.07, 6.45) is 5.98. The predicted molar refractivity (Wildman–Crippen MR) is 121 cm³/mol. The van der Waals surface area contributed by atoms with E-state index in [1.807, 2.05) is 6.08 Å². The molecule has 3 N–H and O–H groups in total. The van der Waals surface area contributed by atoms with Crippen molar-refractivity contribution in [3.05, 3.63) is 48.0 Å². The summed E-state index contributed by atoms with van der Waals surface area (Å²) in [6.45, 7) is 11.0. The van der Waals surface area contributed by atoms with Gasteiger partial charge in [-0.25, -0.2) is 4.99 Å². The number of rotatable bonds is 10. The van der Waals surface area contributed by atoms with Crippen molar-refractivity contribution >= 4 is 11.9 Å². The van der Waals surface area contributed by atoms with E-state index in [4.69, 9.17) is 10.7 Å². The van der Waals surface area contributed by atoms with Gasteiger partial charge in [-0.2, -0.15) is 0 Å². The molecule has 0 radical (unpaired) electrons. The van der Waals surface area contributed by atoms with E-state index in [0.29, 0.717) is 6.54 Å². The summed E-state index contributed by atoms with van der Waals surface area (Å²) in [6, 6.07) is 8.58. The lowest BCUT2D eigenvalue weighted by Crippen LogP contribution is -2.40. The number of likely N-dealkylation sites (tertiary alicyclic amines) is 1. The van der Waals surface area contributed by atoms with Crippen LogP contribution in [-0.4, -0.2) is 54.9 Å². The van der Waals surface area contributed by atoms with E-state index in [2.05, 4.69) is 59.9 Å². The van der Waals surface area contributed by atoms with Crippen LogP contribution in [0.2, 0.25) is 0 Å². The zero-order chi connectivity index (χ0) is 21.1. The number of nitrogens with one attached hydrogen (secondary N) is 1. The van der Waals surface area contributed by atoms with E-state index >= 15 is 0 Å². The zero-order valence-electron chi connectivity index (χ0n) is 18.1. The maximum atomic E-state index is 11.5. The van der Waals surface area contributed by atoms with Crippen LogP contribution in [0.4, 0.5) is 0 Å². The van der Waals surface area contributed by atoms with Crippen molar-refractivity contribution in [2.24, 2.45) is 16.6 Å². The van der Waals surface area contributed by atoms with E-state index in [1.54, 1.807) is 0 Å².